The summed E-state index contributed by atoms with van der Waals surface area (Å²) in [4.78, 5) is 2.82. The van der Waals surface area contributed by atoms with Crippen LogP contribution < -0.4 is 0 Å². The minimum absolute atomic E-state index is 0.933. The molecule has 104 valence electrons. The zero-order valence-electron chi connectivity index (χ0n) is 11.3. The molecule has 0 fully saturated rings. The molecule has 0 heterocycles. The fourth-order valence-corrected chi connectivity index (χ4v) is 4.99. The summed E-state index contributed by atoms with van der Waals surface area (Å²) in [7, 11) is -2.21. The zero-order valence-corrected chi connectivity index (χ0v) is 13.7. The van der Waals surface area contributed by atoms with E-state index in [4.69, 9.17) is 0 Å². The Hall–Kier alpha value is -1.80. The van der Waals surface area contributed by atoms with Crippen LogP contribution >= 0.6 is 25.6 Å². The topological polar surface area (TPSA) is 23.8 Å². The smallest absolute Gasteiger partial charge is 0.0309 e. The van der Waals surface area contributed by atoms with Gasteiger partial charge in [-0.2, -0.15) is 0 Å². The van der Waals surface area contributed by atoms with Crippen molar-refractivity contribution in [1.29, 1.82) is 4.61 Å². The Labute approximate surface area is 134 Å². The third-order valence-electron chi connectivity index (χ3n) is 3.32. The first-order chi connectivity index (χ1) is 10.2. The van der Waals surface area contributed by atoms with E-state index in [1.807, 2.05) is 84.9 Å². The molecule has 0 bridgehead atoms. The molecule has 0 radical (unpaired) electrons. The van der Waals surface area contributed by atoms with E-state index in [1.54, 1.807) is 0 Å². The van der Waals surface area contributed by atoms with Crippen LogP contribution in [0.15, 0.2) is 104 Å². The molecule has 0 aliphatic rings. The predicted molar refractivity (Wildman–Crippen MR) is 91.1 cm³/mol. The molecule has 0 atom stereocenters. The number of hydrogen-bond acceptors (Lipinski definition) is 1. The van der Waals surface area contributed by atoms with Gasteiger partial charge >= 0.3 is 0 Å². The molecule has 3 aromatic rings. The molecule has 0 aliphatic carbocycles. The van der Waals surface area contributed by atoms with Gasteiger partial charge in [-0.25, -0.2) is 4.61 Å². The minimum atomic E-state index is -2.21. The average molecular weight is 356 g/mol. The van der Waals surface area contributed by atoms with E-state index in [9.17, 15) is 4.61 Å². The lowest BCUT2D eigenvalue weighted by atomic mass is 10.4. The van der Waals surface area contributed by atoms with Crippen LogP contribution in [0.1, 0.15) is 0 Å². The number of hydrogen-bond donors (Lipinski definition) is 0. The molecular weight excluding hydrogens is 342 g/mol. The first-order valence-corrected chi connectivity index (χ1v) is 9.01. The summed E-state index contributed by atoms with van der Waals surface area (Å²) in [6.07, 6.45) is 0. The van der Waals surface area contributed by atoms with Crippen LogP contribution in [-0.2, 0) is 0 Å². The van der Waals surface area contributed by atoms with E-state index in [-0.39, 0.29) is 0 Å². The molecule has 1 nitrogen and oxygen atoms in total. The molecule has 0 unspecified atom stereocenters. The molecule has 0 aliphatic heterocycles. The van der Waals surface area contributed by atoms with Crippen LogP contribution in [0.2, 0.25) is 0 Å². The fourth-order valence-electron chi connectivity index (χ4n) is 2.27. The van der Waals surface area contributed by atoms with E-state index in [0.29, 0.717) is 0 Å². The number of rotatable bonds is 0. The fraction of sp³-hybridized carbons (Fsp3) is 0. The van der Waals surface area contributed by atoms with Gasteiger partial charge in [-0.05, 0) is 48.5 Å². The molecule has 0 amide bonds. The summed E-state index contributed by atoms with van der Waals surface area (Å²) in [6.45, 7) is 0. The molecule has 0 spiro atoms. The first kappa shape index (κ1) is 14.2. The molecule has 3 heteroatoms. The van der Waals surface area contributed by atoms with Crippen LogP contribution in [0.3, 0.4) is 0 Å². The van der Waals surface area contributed by atoms with Crippen molar-refractivity contribution in [2.75, 3.05) is 0 Å². The summed E-state index contributed by atoms with van der Waals surface area (Å²) in [5.41, 5.74) is 0. The molecule has 21 heavy (non-hydrogen) atoms. The average Bonchev–Trinajstić information content (AvgIpc) is 2.56. The summed E-state index contributed by atoms with van der Waals surface area (Å²) in [5.74, 6) is 0. The lowest BCUT2D eigenvalue weighted by Crippen LogP contribution is -1.91. The first-order valence-electron chi connectivity index (χ1n) is 6.63. The maximum absolute atomic E-state index is 11.6. The van der Waals surface area contributed by atoms with Gasteiger partial charge in [-0.1, -0.05) is 52.3 Å². The molecule has 0 N–H and O–H groups in total. The van der Waals surface area contributed by atoms with Gasteiger partial charge in [0.1, 0.15) is 0 Å². The Morgan fingerprint density at radius 1 is 0.571 bits per heavy atom. The second kappa shape index (κ2) is 5.90. The van der Waals surface area contributed by atoms with E-state index < -0.39 is 9.66 Å². The van der Waals surface area contributed by atoms with Crippen LogP contribution in [0.5, 0.6) is 0 Å². The van der Waals surface area contributed by atoms with Gasteiger partial charge in [0.2, 0.25) is 0 Å². The molecule has 0 aromatic heterocycles. The van der Waals surface area contributed by atoms with Crippen LogP contribution in [0.25, 0.3) is 0 Å². The Kier molecular flexibility index (Phi) is 3.98. The third-order valence-corrected chi connectivity index (χ3v) is 6.72. The normalized spacial score (nSPS) is 11.2. The summed E-state index contributed by atoms with van der Waals surface area (Å²) in [5, 5.41) is 0. The van der Waals surface area contributed by atoms with Gasteiger partial charge in [0.15, 0.2) is 0 Å². The van der Waals surface area contributed by atoms with Gasteiger partial charge in [-0.15, -0.1) is 0 Å². The van der Waals surface area contributed by atoms with Crippen molar-refractivity contribution in [3.8, 4) is 0 Å². The van der Waals surface area contributed by atoms with Gasteiger partial charge in [-0.3, -0.25) is 0 Å². The lowest BCUT2D eigenvalue weighted by Gasteiger charge is -2.21. The van der Waals surface area contributed by atoms with E-state index in [2.05, 4.69) is 15.9 Å². The Balaban J connectivity index is 2.27. The SMILES string of the molecule is N#S(c1ccccc1)(c1ccccc1)c1ccc(Br)cc1. The summed E-state index contributed by atoms with van der Waals surface area (Å²) in [6, 6.07) is 27.7. The molecular formula is C18H14BrNS. The number of benzene rings is 3. The van der Waals surface area contributed by atoms with Crippen molar-refractivity contribution in [3.05, 3.63) is 89.4 Å². The molecule has 0 saturated heterocycles. The third kappa shape index (κ3) is 2.68. The Morgan fingerprint density at radius 2 is 0.952 bits per heavy atom. The second-order valence-electron chi connectivity index (χ2n) is 4.66. The number of nitrogens with zero attached hydrogens (tertiary/aromatic N) is 1. The molecule has 0 saturated carbocycles. The van der Waals surface area contributed by atoms with Crippen LogP contribution in [0.4, 0.5) is 0 Å². The highest BCUT2D eigenvalue weighted by Gasteiger charge is 2.22. The summed E-state index contributed by atoms with van der Waals surface area (Å²) < 4.78 is 12.6. The summed E-state index contributed by atoms with van der Waals surface area (Å²) >= 11 is 3.45. The minimum Gasteiger partial charge on any atom is -0.216 e. The van der Waals surface area contributed by atoms with Gasteiger partial charge in [0, 0.05) is 28.8 Å². The van der Waals surface area contributed by atoms with Crippen molar-refractivity contribution in [3.63, 3.8) is 0 Å². The van der Waals surface area contributed by atoms with Crippen molar-refractivity contribution < 1.29 is 0 Å². The molecule has 3 aromatic carbocycles. The number of halogens is 1. The highest BCUT2D eigenvalue weighted by molar-refractivity contribution is 9.10. The van der Waals surface area contributed by atoms with Gasteiger partial charge in [0.25, 0.3) is 0 Å². The Bertz CT molecular complexity index is 785. The zero-order chi connectivity index (χ0) is 14.7. The van der Waals surface area contributed by atoms with Crippen LogP contribution in [-0.4, -0.2) is 0 Å². The second-order valence-corrected chi connectivity index (χ2v) is 8.15. The maximum Gasteiger partial charge on any atom is 0.0309 e. The standard InChI is InChI=1S/C18H14BrNS/c19-15-11-13-18(14-12-15)21(20,16-7-3-1-4-8-16)17-9-5-2-6-10-17/h1-14H. The highest BCUT2D eigenvalue weighted by atomic mass is 79.9. The van der Waals surface area contributed by atoms with E-state index in [1.165, 1.54) is 0 Å². The molecule has 3 rings (SSSR count). The van der Waals surface area contributed by atoms with Crippen molar-refractivity contribution in [2.45, 2.75) is 14.7 Å². The van der Waals surface area contributed by atoms with Crippen molar-refractivity contribution in [2.24, 2.45) is 0 Å². The quantitative estimate of drug-likeness (QED) is 0.470. The van der Waals surface area contributed by atoms with Gasteiger partial charge in [0.05, 0.1) is 0 Å². The highest BCUT2D eigenvalue weighted by Crippen LogP contribution is 2.56. The monoisotopic (exact) mass is 355 g/mol. The largest absolute Gasteiger partial charge is 0.216 e. The van der Waals surface area contributed by atoms with Crippen molar-refractivity contribution in [1.82, 2.24) is 0 Å². The van der Waals surface area contributed by atoms with E-state index in [0.717, 1.165) is 19.2 Å². The van der Waals surface area contributed by atoms with Crippen LogP contribution in [0, 0.1) is 4.61 Å². The maximum atomic E-state index is 11.6. The lowest BCUT2D eigenvalue weighted by molar-refractivity contribution is 1.29. The van der Waals surface area contributed by atoms with Gasteiger partial charge < -0.3 is 0 Å². The van der Waals surface area contributed by atoms with Crippen molar-refractivity contribution >= 4 is 25.6 Å². The predicted octanol–water partition coefficient (Wildman–Crippen LogP) is 6.21. The van der Waals surface area contributed by atoms with E-state index >= 15 is 0 Å². The Morgan fingerprint density at radius 3 is 1.38 bits per heavy atom.